The van der Waals surface area contributed by atoms with E-state index in [2.05, 4.69) is 234 Å². The molecule has 3 aliphatic carbocycles. The van der Waals surface area contributed by atoms with Crippen molar-refractivity contribution in [2.24, 2.45) is 0 Å². The molecule has 0 amide bonds. The quantitative estimate of drug-likeness (QED) is 0.174. The highest BCUT2D eigenvalue weighted by atomic mass is 16.3. The van der Waals surface area contributed by atoms with Gasteiger partial charge >= 0.3 is 0 Å². The molecule has 0 saturated heterocycles. The molecule has 1 N–H and O–H groups in total. The van der Waals surface area contributed by atoms with Gasteiger partial charge in [-0.15, -0.1) is 0 Å². The standard InChI is InChI=1S/C71H75BN2O/c1-42-35-51-54(70(10,11)33-31-67(51,4)5)40-58(42)74-59-36-44(43-19-15-14-16-20-43)23-27-56(59)72-64-60(74)37-45-21-17-18-22-47(45)62(64)63-57(73-46-24-26-50-52(38-46)68(6,7)30-29-66(50,2)3)28-25-48-49-39-53-55(41-61(49)75-65(48)63)71(12,13)34-32-69(53,8)9/h14-28,35-41,72-73H,29-34H2,1-13H3. The smallest absolute Gasteiger partial charge is 0.198 e. The van der Waals surface area contributed by atoms with E-state index in [-0.39, 0.29) is 32.5 Å². The molecule has 3 nitrogen and oxygen atoms in total. The summed E-state index contributed by atoms with van der Waals surface area (Å²) in [5.74, 6) is 0. The Bertz CT molecular complexity index is 3860. The molecule has 75 heavy (non-hydrogen) atoms. The van der Waals surface area contributed by atoms with Crippen molar-refractivity contribution in [3.63, 3.8) is 0 Å². The zero-order valence-electron chi connectivity index (χ0n) is 47.0. The van der Waals surface area contributed by atoms with Crippen LogP contribution in [0.5, 0.6) is 0 Å². The summed E-state index contributed by atoms with van der Waals surface area (Å²) in [6, 6.07) is 51.7. The summed E-state index contributed by atoms with van der Waals surface area (Å²) in [5, 5.41) is 8.96. The molecular weight excluding hydrogens is 908 g/mol. The minimum absolute atomic E-state index is 0.0397. The molecule has 4 aliphatic rings. The molecule has 4 heteroatoms. The van der Waals surface area contributed by atoms with Gasteiger partial charge in [0, 0.05) is 39.1 Å². The van der Waals surface area contributed by atoms with Crippen molar-refractivity contribution in [3.8, 4) is 22.3 Å². The molecule has 378 valence electrons. The Hall–Kier alpha value is -6.52. The summed E-state index contributed by atoms with van der Waals surface area (Å²) in [6.45, 7) is 31.6. The summed E-state index contributed by atoms with van der Waals surface area (Å²) in [7, 11) is 0.772. The van der Waals surface area contributed by atoms with Crippen LogP contribution >= 0.6 is 0 Å². The Kier molecular flexibility index (Phi) is 10.4. The van der Waals surface area contributed by atoms with Crippen molar-refractivity contribution in [2.75, 3.05) is 10.2 Å². The van der Waals surface area contributed by atoms with Crippen LogP contribution in [0.3, 0.4) is 0 Å². The third-order valence-corrected chi connectivity index (χ3v) is 19.6. The van der Waals surface area contributed by atoms with E-state index >= 15 is 0 Å². The third kappa shape index (κ3) is 7.50. The average molecular weight is 983 g/mol. The molecule has 0 atom stereocenters. The van der Waals surface area contributed by atoms with Crippen LogP contribution in [0.25, 0.3) is 55.0 Å². The molecule has 0 unspecified atom stereocenters. The van der Waals surface area contributed by atoms with Crippen LogP contribution in [-0.4, -0.2) is 7.28 Å². The monoisotopic (exact) mass is 983 g/mol. The Labute approximate surface area is 447 Å². The first-order valence-electron chi connectivity index (χ1n) is 28.2. The number of fused-ring (bicyclic) bond motifs is 9. The number of benzene rings is 8. The van der Waals surface area contributed by atoms with E-state index in [4.69, 9.17) is 4.42 Å². The lowest BCUT2D eigenvalue weighted by Crippen LogP contribution is -2.41. The fraction of sp³-hybridized carbons (Fsp3) is 0.352. The lowest BCUT2D eigenvalue weighted by Gasteiger charge is -2.44. The van der Waals surface area contributed by atoms with Crippen molar-refractivity contribution in [1.82, 2.24) is 0 Å². The first-order valence-corrected chi connectivity index (χ1v) is 28.2. The topological polar surface area (TPSA) is 28.4 Å². The Morgan fingerprint density at radius 2 is 1.03 bits per heavy atom. The summed E-state index contributed by atoms with van der Waals surface area (Å²) in [4.78, 5) is 2.65. The lowest BCUT2D eigenvalue weighted by atomic mass is 9.57. The third-order valence-electron chi connectivity index (χ3n) is 19.6. The van der Waals surface area contributed by atoms with Gasteiger partial charge in [0.15, 0.2) is 7.28 Å². The zero-order chi connectivity index (χ0) is 52.4. The molecule has 13 rings (SSSR count). The predicted octanol–water partition coefficient (Wildman–Crippen LogP) is 18.3. The van der Waals surface area contributed by atoms with Gasteiger partial charge in [0.1, 0.15) is 11.2 Å². The van der Waals surface area contributed by atoms with Gasteiger partial charge < -0.3 is 14.6 Å². The highest BCUT2D eigenvalue weighted by Gasteiger charge is 2.42. The van der Waals surface area contributed by atoms with Gasteiger partial charge in [-0.25, -0.2) is 0 Å². The van der Waals surface area contributed by atoms with Gasteiger partial charge in [-0.3, -0.25) is 0 Å². The summed E-state index contributed by atoms with van der Waals surface area (Å²) in [6.07, 6.45) is 7.00. The van der Waals surface area contributed by atoms with Crippen LogP contribution in [0.2, 0.25) is 0 Å². The molecular formula is C71H75BN2O. The molecule has 1 aliphatic heterocycles. The van der Waals surface area contributed by atoms with Gasteiger partial charge in [0.2, 0.25) is 0 Å². The zero-order valence-corrected chi connectivity index (χ0v) is 47.0. The van der Waals surface area contributed by atoms with Crippen LogP contribution in [-0.2, 0) is 32.5 Å². The molecule has 9 aromatic rings. The first-order chi connectivity index (χ1) is 35.5. The molecule has 0 radical (unpaired) electrons. The van der Waals surface area contributed by atoms with Gasteiger partial charge in [-0.1, -0.05) is 167 Å². The summed E-state index contributed by atoms with van der Waals surface area (Å²) in [5.41, 5.74) is 25.7. The van der Waals surface area contributed by atoms with E-state index in [0.717, 1.165) is 61.1 Å². The van der Waals surface area contributed by atoms with E-state index in [1.165, 1.54) is 118 Å². The van der Waals surface area contributed by atoms with Crippen LogP contribution < -0.4 is 21.1 Å². The second-order valence-electron chi connectivity index (χ2n) is 27.4. The maximum Gasteiger partial charge on any atom is 0.198 e. The van der Waals surface area contributed by atoms with Crippen LogP contribution in [0.4, 0.5) is 28.4 Å². The highest BCUT2D eigenvalue weighted by molar-refractivity contribution is 6.74. The minimum atomic E-state index is 0.0397. The van der Waals surface area contributed by atoms with Crippen molar-refractivity contribution >= 4 is 79.4 Å². The fourth-order valence-corrected chi connectivity index (χ4v) is 14.4. The van der Waals surface area contributed by atoms with Crippen molar-refractivity contribution in [3.05, 3.63) is 172 Å². The van der Waals surface area contributed by atoms with Gasteiger partial charge in [0.05, 0.1) is 5.69 Å². The normalized spacial score (nSPS) is 19.1. The van der Waals surface area contributed by atoms with E-state index in [1.54, 1.807) is 0 Å². The maximum atomic E-state index is 7.55. The summed E-state index contributed by atoms with van der Waals surface area (Å²) >= 11 is 0. The average Bonchev–Trinajstić information content (AvgIpc) is 3.76. The first kappa shape index (κ1) is 48.1. The number of aryl methyl sites for hydroxylation is 1. The molecule has 0 spiro atoms. The Balaban J connectivity index is 1.12. The molecule has 8 aromatic carbocycles. The van der Waals surface area contributed by atoms with E-state index in [0.29, 0.717) is 0 Å². The lowest BCUT2D eigenvalue weighted by molar-refractivity contribution is 0.332. The number of nitrogens with one attached hydrogen (secondary N) is 1. The van der Waals surface area contributed by atoms with Gasteiger partial charge in [0.25, 0.3) is 0 Å². The van der Waals surface area contributed by atoms with E-state index in [1.807, 2.05) is 0 Å². The minimum Gasteiger partial charge on any atom is -0.455 e. The molecule has 0 saturated carbocycles. The number of nitrogens with zero attached hydrogens (tertiary/aromatic N) is 1. The number of hydrogen-bond donors (Lipinski definition) is 1. The van der Waals surface area contributed by atoms with Gasteiger partial charge in [-0.2, -0.15) is 0 Å². The number of anilines is 5. The van der Waals surface area contributed by atoms with Crippen molar-refractivity contribution in [1.29, 1.82) is 0 Å². The predicted molar refractivity (Wildman–Crippen MR) is 324 cm³/mol. The highest BCUT2D eigenvalue weighted by Crippen LogP contribution is 2.54. The Morgan fingerprint density at radius 3 is 1.71 bits per heavy atom. The van der Waals surface area contributed by atoms with Gasteiger partial charge in [-0.05, 0) is 204 Å². The van der Waals surface area contributed by atoms with Crippen molar-refractivity contribution in [2.45, 2.75) is 161 Å². The number of furan rings is 1. The number of rotatable bonds is 5. The summed E-state index contributed by atoms with van der Waals surface area (Å²) < 4.78 is 7.55. The molecule has 0 bridgehead atoms. The molecule has 0 fully saturated rings. The Morgan fingerprint density at radius 1 is 0.440 bits per heavy atom. The van der Waals surface area contributed by atoms with Crippen LogP contribution in [0, 0.1) is 6.92 Å². The second kappa shape index (κ2) is 16.3. The van der Waals surface area contributed by atoms with Crippen LogP contribution in [0.15, 0.2) is 138 Å². The largest absolute Gasteiger partial charge is 0.455 e. The fourth-order valence-electron chi connectivity index (χ4n) is 14.4. The van der Waals surface area contributed by atoms with E-state index in [9.17, 15) is 0 Å². The van der Waals surface area contributed by atoms with Crippen molar-refractivity contribution < 1.29 is 4.42 Å². The SMILES string of the molecule is Cc1cc2c(cc1N1c3cc(-c4ccccc4)ccc3Bc3c1cc1ccccc1c3-c1c(Nc3ccc4c(c3)C(C)(C)CCC4(C)C)ccc3c1oc1cc4c(cc13)C(C)(C)CCC4(C)C)C(C)(C)CCC2(C)C. The number of hydrogen-bond acceptors (Lipinski definition) is 3. The van der Waals surface area contributed by atoms with Crippen LogP contribution in [0.1, 0.15) is 161 Å². The maximum absolute atomic E-state index is 7.55. The molecule has 2 heterocycles. The second-order valence-corrected chi connectivity index (χ2v) is 27.4. The van der Waals surface area contributed by atoms with E-state index < -0.39 is 0 Å². The molecule has 1 aromatic heterocycles.